The lowest BCUT2D eigenvalue weighted by Crippen LogP contribution is -2.12. The number of rotatable bonds is 3. The molecule has 0 aliphatic carbocycles. The van der Waals surface area contributed by atoms with Gasteiger partial charge in [-0.2, -0.15) is 5.10 Å². The van der Waals surface area contributed by atoms with Crippen LogP contribution in [0.1, 0.15) is 10.4 Å². The van der Waals surface area contributed by atoms with E-state index in [0.29, 0.717) is 11.3 Å². The third-order valence-corrected chi connectivity index (χ3v) is 2.83. The highest BCUT2D eigenvalue weighted by Gasteiger charge is 2.08. The van der Waals surface area contributed by atoms with E-state index in [1.54, 1.807) is 37.6 Å². The van der Waals surface area contributed by atoms with Crippen molar-refractivity contribution in [3.63, 3.8) is 0 Å². The monoisotopic (exact) mass is 268 g/mol. The SMILES string of the molecule is CNc1ccc(NC(=O)c2cnc3cn[nH]c3c2)cn1. The average molecular weight is 268 g/mol. The minimum absolute atomic E-state index is 0.243. The van der Waals surface area contributed by atoms with Crippen molar-refractivity contribution in [2.24, 2.45) is 0 Å². The second-order valence-electron chi connectivity index (χ2n) is 4.16. The fourth-order valence-corrected chi connectivity index (χ4v) is 1.77. The Morgan fingerprint density at radius 2 is 2.10 bits per heavy atom. The van der Waals surface area contributed by atoms with Crippen molar-refractivity contribution in [1.29, 1.82) is 0 Å². The minimum atomic E-state index is -0.243. The number of aromatic nitrogens is 4. The molecule has 3 aromatic rings. The van der Waals surface area contributed by atoms with Crippen molar-refractivity contribution in [3.05, 3.63) is 42.4 Å². The largest absolute Gasteiger partial charge is 0.373 e. The summed E-state index contributed by atoms with van der Waals surface area (Å²) in [5, 5.41) is 12.3. The van der Waals surface area contributed by atoms with E-state index in [2.05, 4.69) is 30.8 Å². The van der Waals surface area contributed by atoms with Gasteiger partial charge in [0.25, 0.3) is 5.91 Å². The van der Waals surface area contributed by atoms with E-state index in [0.717, 1.165) is 16.9 Å². The molecule has 0 atom stereocenters. The van der Waals surface area contributed by atoms with Gasteiger partial charge in [0, 0.05) is 13.2 Å². The summed E-state index contributed by atoms with van der Waals surface area (Å²) in [6.45, 7) is 0. The van der Waals surface area contributed by atoms with E-state index < -0.39 is 0 Å². The number of nitrogens with one attached hydrogen (secondary N) is 3. The van der Waals surface area contributed by atoms with Gasteiger partial charge in [-0.3, -0.25) is 14.9 Å². The Balaban J connectivity index is 1.80. The van der Waals surface area contributed by atoms with E-state index in [9.17, 15) is 4.79 Å². The van der Waals surface area contributed by atoms with Gasteiger partial charge >= 0.3 is 0 Å². The Hall–Kier alpha value is -2.96. The number of hydrogen-bond acceptors (Lipinski definition) is 5. The number of fused-ring (bicyclic) bond motifs is 1. The summed E-state index contributed by atoms with van der Waals surface area (Å²) >= 11 is 0. The van der Waals surface area contributed by atoms with Gasteiger partial charge in [-0.1, -0.05) is 0 Å². The first kappa shape index (κ1) is 12.1. The van der Waals surface area contributed by atoms with Gasteiger partial charge in [0.1, 0.15) is 11.3 Å². The predicted molar refractivity (Wildman–Crippen MR) is 75.6 cm³/mol. The second-order valence-corrected chi connectivity index (χ2v) is 4.16. The fourth-order valence-electron chi connectivity index (χ4n) is 1.77. The normalized spacial score (nSPS) is 10.4. The van der Waals surface area contributed by atoms with Crippen LogP contribution in [-0.2, 0) is 0 Å². The van der Waals surface area contributed by atoms with E-state index in [4.69, 9.17) is 0 Å². The highest BCUT2D eigenvalue weighted by molar-refractivity contribution is 6.05. The third kappa shape index (κ3) is 2.28. The standard InChI is InChI=1S/C13H12N6O/c1-14-12-3-2-9(6-16-12)18-13(20)8-4-10-11(15-5-8)7-17-19-10/h2-7H,1H3,(H,14,16)(H,17,19)(H,18,20). The second kappa shape index (κ2) is 4.96. The van der Waals surface area contributed by atoms with Crippen molar-refractivity contribution in [1.82, 2.24) is 20.2 Å². The summed E-state index contributed by atoms with van der Waals surface area (Å²) in [7, 11) is 1.78. The molecule has 7 nitrogen and oxygen atoms in total. The van der Waals surface area contributed by atoms with Crippen LogP contribution >= 0.6 is 0 Å². The molecule has 0 radical (unpaired) electrons. The van der Waals surface area contributed by atoms with Crippen LogP contribution in [0.4, 0.5) is 11.5 Å². The molecule has 7 heteroatoms. The third-order valence-electron chi connectivity index (χ3n) is 2.83. The number of carbonyl (C=O) groups excluding carboxylic acids is 1. The summed E-state index contributed by atoms with van der Waals surface area (Å²) in [5.41, 5.74) is 2.53. The van der Waals surface area contributed by atoms with E-state index in [-0.39, 0.29) is 5.91 Å². The Labute approximate surface area is 114 Å². The van der Waals surface area contributed by atoms with Gasteiger partial charge in [0.15, 0.2) is 0 Å². The highest BCUT2D eigenvalue weighted by atomic mass is 16.1. The molecule has 3 heterocycles. The molecule has 0 saturated heterocycles. The van der Waals surface area contributed by atoms with Gasteiger partial charge in [-0.05, 0) is 18.2 Å². The molecule has 0 spiro atoms. The number of aromatic amines is 1. The number of pyridine rings is 2. The molecule has 0 aliphatic rings. The Kier molecular flexibility index (Phi) is 3.00. The molecular weight excluding hydrogens is 256 g/mol. The van der Waals surface area contributed by atoms with Crippen molar-refractivity contribution in [2.75, 3.05) is 17.7 Å². The Morgan fingerprint density at radius 3 is 2.85 bits per heavy atom. The topological polar surface area (TPSA) is 95.6 Å². The van der Waals surface area contributed by atoms with E-state index >= 15 is 0 Å². The van der Waals surface area contributed by atoms with Crippen molar-refractivity contribution < 1.29 is 4.79 Å². The zero-order valence-electron chi connectivity index (χ0n) is 10.7. The summed E-state index contributed by atoms with van der Waals surface area (Å²) in [4.78, 5) is 20.4. The molecule has 3 N–H and O–H groups in total. The van der Waals surface area contributed by atoms with E-state index in [1.165, 1.54) is 6.20 Å². The molecule has 0 fully saturated rings. The van der Waals surface area contributed by atoms with Gasteiger partial charge in [-0.15, -0.1) is 0 Å². The van der Waals surface area contributed by atoms with Gasteiger partial charge in [0.2, 0.25) is 0 Å². The minimum Gasteiger partial charge on any atom is -0.373 e. The fraction of sp³-hybridized carbons (Fsp3) is 0.0769. The van der Waals surface area contributed by atoms with Crippen molar-refractivity contribution in [3.8, 4) is 0 Å². The lowest BCUT2D eigenvalue weighted by atomic mass is 10.2. The molecule has 0 bridgehead atoms. The smallest absolute Gasteiger partial charge is 0.257 e. The zero-order valence-corrected chi connectivity index (χ0v) is 10.7. The van der Waals surface area contributed by atoms with Crippen molar-refractivity contribution in [2.45, 2.75) is 0 Å². The van der Waals surface area contributed by atoms with Crippen LogP contribution in [0.15, 0.2) is 36.8 Å². The van der Waals surface area contributed by atoms with Crippen LogP contribution < -0.4 is 10.6 Å². The number of carbonyl (C=O) groups is 1. The van der Waals surface area contributed by atoms with Gasteiger partial charge in [0.05, 0.1) is 29.2 Å². The average Bonchev–Trinajstić information content (AvgIpc) is 2.95. The summed E-state index contributed by atoms with van der Waals surface area (Å²) in [6.07, 6.45) is 4.71. The maximum atomic E-state index is 12.1. The molecule has 0 aromatic carbocycles. The first-order valence-electron chi connectivity index (χ1n) is 6.00. The zero-order chi connectivity index (χ0) is 13.9. The molecular formula is C13H12N6O. The molecule has 0 unspecified atom stereocenters. The van der Waals surface area contributed by atoms with Crippen LogP contribution in [0.2, 0.25) is 0 Å². The summed E-state index contributed by atoms with van der Waals surface area (Å²) < 4.78 is 0. The molecule has 0 saturated carbocycles. The lowest BCUT2D eigenvalue weighted by Gasteiger charge is -2.05. The molecule has 1 amide bonds. The van der Waals surface area contributed by atoms with Crippen LogP contribution in [0.5, 0.6) is 0 Å². The molecule has 0 aliphatic heterocycles. The number of nitrogens with zero attached hydrogens (tertiary/aromatic N) is 3. The number of hydrogen-bond donors (Lipinski definition) is 3. The first-order valence-corrected chi connectivity index (χ1v) is 6.00. The Morgan fingerprint density at radius 1 is 1.20 bits per heavy atom. The van der Waals surface area contributed by atoms with Crippen LogP contribution in [0.25, 0.3) is 11.0 Å². The quantitative estimate of drug-likeness (QED) is 0.671. The number of H-pyrrole nitrogens is 1. The molecule has 3 rings (SSSR count). The number of anilines is 2. The van der Waals surface area contributed by atoms with Gasteiger partial charge < -0.3 is 10.6 Å². The summed E-state index contributed by atoms with van der Waals surface area (Å²) in [6, 6.07) is 5.27. The van der Waals surface area contributed by atoms with Crippen molar-refractivity contribution >= 4 is 28.4 Å². The first-order chi connectivity index (χ1) is 9.76. The Bertz CT molecular complexity index is 749. The molecule has 20 heavy (non-hydrogen) atoms. The molecule has 100 valence electrons. The number of amides is 1. The maximum absolute atomic E-state index is 12.1. The van der Waals surface area contributed by atoms with Crippen LogP contribution in [0.3, 0.4) is 0 Å². The maximum Gasteiger partial charge on any atom is 0.257 e. The van der Waals surface area contributed by atoms with E-state index in [1.807, 2.05) is 0 Å². The summed E-state index contributed by atoms with van der Waals surface area (Å²) in [5.74, 6) is 0.497. The van der Waals surface area contributed by atoms with Crippen LogP contribution in [-0.4, -0.2) is 33.1 Å². The highest BCUT2D eigenvalue weighted by Crippen LogP contribution is 2.13. The predicted octanol–water partition coefficient (Wildman–Crippen LogP) is 1.65. The van der Waals surface area contributed by atoms with Gasteiger partial charge in [-0.25, -0.2) is 4.98 Å². The lowest BCUT2D eigenvalue weighted by molar-refractivity contribution is 0.102. The molecule has 3 aromatic heterocycles. The van der Waals surface area contributed by atoms with Crippen LogP contribution in [0, 0.1) is 0 Å².